The molecule has 132 valence electrons. The number of amides is 2. The molecule has 1 N–H and O–H groups in total. The monoisotopic (exact) mass is 338 g/mol. The minimum Gasteiger partial charge on any atom is -0.497 e. The Hall–Kier alpha value is -2.49. The molecule has 1 aliphatic heterocycles. The van der Waals surface area contributed by atoms with Crippen LogP contribution in [0.1, 0.15) is 42.9 Å². The summed E-state index contributed by atoms with van der Waals surface area (Å²) in [6.45, 7) is 2.83. The van der Waals surface area contributed by atoms with Crippen LogP contribution < -0.4 is 10.1 Å². The van der Waals surface area contributed by atoms with Crippen LogP contribution in [-0.2, 0) is 0 Å². The van der Waals surface area contributed by atoms with Gasteiger partial charge in [0.15, 0.2) is 0 Å². The smallest absolute Gasteiger partial charge is 0.322 e. The predicted octanol–water partition coefficient (Wildman–Crippen LogP) is 5.15. The fourth-order valence-electron chi connectivity index (χ4n) is 3.36. The maximum Gasteiger partial charge on any atom is 0.322 e. The second-order valence-electron chi connectivity index (χ2n) is 6.63. The molecule has 1 atom stereocenters. The molecule has 25 heavy (non-hydrogen) atoms. The van der Waals surface area contributed by atoms with Gasteiger partial charge in [0.1, 0.15) is 5.75 Å². The van der Waals surface area contributed by atoms with Gasteiger partial charge < -0.3 is 15.0 Å². The number of hydrogen-bond donors (Lipinski definition) is 1. The number of rotatable bonds is 3. The molecule has 3 rings (SSSR count). The van der Waals surface area contributed by atoms with Gasteiger partial charge in [0.25, 0.3) is 0 Å². The molecule has 0 saturated carbocycles. The molecule has 0 radical (unpaired) electrons. The largest absolute Gasteiger partial charge is 0.497 e. The summed E-state index contributed by atoms with van der Waals surface area (Å²) < 4.78 is 5.25. The van der Waals surface area contributed by atoms with Crippen molar-refractivity contribution < 1.29 is 9.53 Å². The van der Waals surface area contributed by atoms with Crippen LogP contribution in [0.2, 0.25) is 0 Å². The second kappa shape index (κ2) is 8.06. The lowest BCUT2D eigenvalue weighted by atomic mass is 10.0. The van der Waals surface area contributed by atoms with Crippen molar-refractivity contribution in [1.82, 2.24) is 4.90 Å². The van der Waals surface area contributed by atoms with Crippen molar-refractivity contribution in [1.29, 1.82) is 0 Å². The third-order valence-electron chi connectivity index (χ3n) is 4.82. The molecule has 4 nitrogen and oxygen atoms in total. The first-order valence-electron chi connectivity index (χ1n) is 8.95. The Kier molecular flexibility index (Phi) is 5.59. The van der Waals surface area contributed by atoms with Gasteiger partial charge in [-0.25, -0.2) is 4.79 Å². The van der Waals surface area contributed by atoms with Crippen molar-refractivity contribution >= 4 is 11.7 Å². The lowest BCUT2D eigenvalue weighted by molar-refractivity contribution is 0.189. The van der Waals surface area contributed by atoms with Crippen LogP contribution in [0, 0.1) is 6.92 Å². The Bertz CT molecular complexity index is 695. The number of ether oxygens (including phenoxy) is 1. The number of carbonyl (C=O) groups excluding carboxylic acids is 1. The van der Waals surface area contributed by atoms with Crippen LogP contribution in [-0.4, -0.2) is 24.6 Å². The summed E-state index contributed by atoms with van der Waals surface area (Å²) in [7, 11) is 1.67. The van der Waals surface area contributed by atoms with Crippen molar-refractivity contribution in [2.45, 2.75) is 38.6 Å². The molecular formula is C21H26N2O2. The highest BCUT2D eigenvalue weighted by molar-refractivity contribution is 5.89. The zero-order valence-corrected chi connectivity index (χ0v) is 15.0. The van der Waals surface area contributed by atoms with Crippen molar-refractivity contribution in [2.75, 3.05) is 19.0 Å². The van der Waals surface area contributed by atoms with Crippen LogP contribution in [0.5, 0.6) is 5.75 Å². The summed E-state index contributed by atoms with van der Waals surface area (Å²) in [5.41, 5.74) is 3.19. The number of nitrogens with one attached hydrogen (secondary N) is 1. The number of methoxy groups -OCH3 is 1. The van der Waals surface area contributed by atoms with E-state index in [1.165, 1.54) is 17.5 Å². The number of nitrogens with zero attached hydrogens (tertiary/aromatic N) is 1. The molecule has 0 spiro atoms. The first kappa shape index (κ1) is 17.3. The molecule has 0 bridgehead atoms. The average Bonchev–Trinajstić information content (AvgIpc) is 2.90. The van der Waals surface area contributed by atoms with Crippen LogP contribution in [0.4, 0.5) is 10.5 Å². The van der Waals surface area contributed by atoms with Crippen molar-refractivity contribution in [2.24, 2.45) is 0 Å². The number of likely N-dealkylation sites (tertiary alicyclic amines) is 1. The number of hydrogen-bond acceptors (Lipinski definition) is 2. The van der Waals surface area contributed by atoms with E-state index < -0.39 is 0 Å². The van der Waals surface area contributed by atoms with Gasteiger partial charge in [-0.1, -0.05) is 42.7 Å². The van der Waals surface area contributed by atoms with Crippen LogP contribution >= 0.6 is 0 Å². The van der Waals surface area contributed by atoms with Crippen LogP contribution in [0.3, 0.4) is 0 Å². The van der Waals surface area contributed by atoms with Crippen molar-refractivity contribution in [3.8, 4) is 5.75 Å². The van der Waals surface area contributed by atoms with Gasteiger partial charge in [0.2, 0.25) is 0 Å². The second-order valence-corrected chi connectivity index (χ2v) is 6.63. The molecule has 4 heteroatoms. The molecule has 1 heterocycles. The quantitative estimate of drug-likeness (QED) is 0.840. The Morgan fingerprint density at radius 2 is 1.76 bits per heavy atom. The van der Waals surface area contributed by atoms with Gasteiger partial charge in [-0.15, -0.1) is 0 Å². The van der Waals surface area contributed by atoms with Crippen molar-refractivity contribution in [3.05, 3.63) is 59.7 Å². The van der Waals surface area contributed by atoms with Gasteiger partial charge in [0.05, 0.1) is 13.2 Å². The maximum absolute atomic E-state index is 12.9. The lowest BCUT2D eigenvalue weighted by Crippen LogP contribution is -2.38. The number of urea groups is 1. The fourth-order valence-corrected chi connectivity index (χ4v) is 3.36. The molecular weight excluding hydrogens is 312 g/mol. The molecule has 0 unspecified atom stereocenters. The van der Waals surface area contributed by atoms with E-state index in [1.807, 2.05) is 48.2 Å². The molecule has 1 saturated heterocycles. The molecule has 1 fully saturated rings. The van der Waals surface area contributed by atoms with E-state index in [1.54, 1.807) is 7.11 Å². The minimum absolute atomic E-state index is 0.0217. The normalized spacial score (nSPS) is 17.7. The average molecular weight is 338 g/mol. The summed E-state index contributed by atoms with van der Waals surface area (Å²) in [5, 5.41) is 3.05. The third-order valence-corrected chi connectivity index (χ3v) is 4.82. The first-order chi connectivity index (χ1) is 12.2. The highest BCUT2D eigenvalue weighted by Gasteiger charge is 2.26. The standard InChI is InChI=1S/C21H26N2O2/c1-16-7-11-18(12-8-16)22-21(24)23-15-5-3-4-6-20(23)17-9-13-19(25-2)14-10-17/h7-14,20H,3-6,15H2,1-2H3,(H,22,24)/t20-/m0/s1. The van der Waals surface area contributed by atoms with E-state index in [0.29, 0.717) is 0 Å². The summed E-state index contributed by atoms with van der Waals surface area (Å²) in [6.07, 6.45) is 4.35. The van der Waals surface area contributed by atoms with Gasteiger partial charge in [-0.3, -0.25) is 0 Å². The molecule has 1 aliphatic rings. The molecule has 0 aliphatic carbocycles. The minimum atomic E-state index is -0.0217. The highest BCUT2D eigenvalue weighted by atomic mass is 16.5. The first-order valence-corrected chi connectivity index (χ1v) is 8.95. The number of carbonyl (C=O) groups is 1. The van der Waals surface area contributed by atoms with Gasteiger partial charge in [-0.2, -0.15) is 0 Å². The third kappa shape index (κ3) is 4.32. The number of benzene rings is 2. The number of aryl methyl sites for hydroxylation is 1. The van der Waals surface area contributed by atoms with Gasteiger partial charge in [0, 0.05) is 12.2 Å². The fraction of sp³-hybridized carbons (Fsp3) is 0.381. The van der Waals surface area contributed by atoms with E-state index >= 15 is 0 Å². The highest BCUT2D eigenvalue weighted by Crippen LogP contribution is 2.31. The topological polar surface area (TPSA) is 41.6 Å². The number of anilines is 1. The van der Waals surface area contributed by atoms with Crippen molar-refractivity contribution in [3.63, 3.8) is 0 Å². The van der Waals surface area contributed by atoms with Gasteiger partial charge in [-0.05, 0) is 49.6 Å². The molecule has 0 aromatic heterocycles. The van der Waals surface area contributed by atoms with E-state index in [0.717, 1.165) is 37.2 Å². The van der Waals surface area contributed by atoms with Crippen LogP contribution in [0.25, 0.3) is 0 Å². The zero-order chi connectivity index (χ0) is 17.6. The van der Waals surface area contributed by atoms with E-state index in [2.05, 4.69) is 17.4 Å². The molecule has 2 aromatic rings. The Balaban J connectivity index is 1.79. The predicted molar refractivity (Wildman–Crippen MR) is 101 cm³/mol. The zero-order valence-electron chi connectivity index (χ0n) is 15.0. The van der Waals surface area contributed by atoms with E-state index in [4.69, 9.17) is 4.74 Å². The Morgan fingerprint density at radius 1 is 1.04 bits per heavy atom. The van der Waals surface area contributed by atoms with E-state index in [-0.39, 0.29) is 12.1 Å². The Labute approximate surface area is 149 Å². The maximum atomic E-state index is 12.9. The van der Waals surface area contributed by atoms with Crippen LogP contribution in [0.15, 0.2) is 48.5 Å². The summed E-state index contributed by atoms with van der Waals surface area (Å²) >= 11 is 0. The van der Waals surface area contributed by atoms with Gasteiger partial charge >= 0.3 is 6.03 Å². The summed E-state index contributed by atoms with van der Waals surface area (Å²) in [4.78, 5) is 14.9. The SMILES string of the molecule is COc1ccc([C@@H]2CCCCCN2C(=O)Nc2ccc(C)cc2)cc1. The molecule has 2 amide bonds. The van der Waals surface area contributed by atoms with E-state index in [9.17, 15) is 4.79 Å². The summed E-state index contributed by atoms with van der Waals surface area (Å²) in [5.74, 6) is 0.841. The summed E-state index contributed by atoms with van der Waals surface area (Å²) in [6, 6.07) is 16.1. The molecule has 2 aromatic carbocycles. The Morgan fingerprint density at radius 3 is 2.44 bits per heavy atom. The lowest BCUT2D eigenvalue weighted by Gasteiger charge is -2.30.